The molecule has 1 aromatic heterocycles. The zero-order valence-electron chi connectivity index (χ0n) is 9.70. The van der Waals surface area contributed by atoms with Crippen molar-refractivity contribution in [2.24, 2.45) is 0 Å². The van der Waals surface area contributed by atoms with Crippen molar-refractivity contribution in [3.63, 3.8) is 0 Å². The van der Waals surface area contributed by atoms with Crippen molar-refractivity contribution >= 4 is 11.7 Å². The molecule has 7 nitrogen and oxygen atoms in total. The molecule has 0 atom stereocenters. The third-order valence-corrected chi connectivity index (χ3v) is 2.49. The van der Waals surface area contributed by atoms with Gasteiger partial charge < -0.3 is 5.11 Å². The zero-order chi connectivity index (χ0) is 14.2. The second-order valence-corrected chi connectivity index (χ2v) is 3.80. The number of carboxylic acids is 1. The summed E-state index contributed by atoms with van der Waals surface area (Å²) in [6, 6.07) is 3.05. The van der Waals surface area contributed by atoms with Gasteiger partial charge >= 0.3 is 5.97 Å². The highest BCUT2D eigenvalue weighted by molar-refractivity contribution is 5.86. The SMILES string of the molecule is Cc1cn(-c2ccc([N+](=O)[O-])cc2F)nc1C(=O)O. The first-order chi connectivity index (χ1) is 8.90. The third-order valence-electron chi connectivity index (χ3n) is 2.49. The molecule has 2 rings (SSSR count). The van der Waals surface area contributed by atoms with E-state index in [4.69, 9.17) is 5.11 Å². The van der Waals surface area contributed by atoms with Gasteiger partial charge in [0.05, 0.1) is 11.0 Å². The Morgan fingerprint density at radius 3 is 2.68 bits per heavy atom. The number of carboxylic acid groups (broad SMARTS) is 1. The van der Waals surface area contributed by atoms with Crippen LogP contribution in [0.1, 0.15) is 16.1 Å². The van der Waals surface area contributed by atoms with Crippen molar-refractivity contribution in [3.05, 3.63) is 51.6 Å². The summed E-state index contributed by atoms with van der Waals surface area (Å²) in [6.07, 6.45) is 1.34. The van der Waals surface area contributed by atoms with Crippen LogP contribution in [0, 0.1) is 22.9 Å². The first kappa shape index (κ1) is 12.7. The molecular formula is C11H8FN3O4. The van der Waals surface area contributed by atoms with E-state index < -0.39 is 16.7 Å². The second-order valence-electron chi connectivity index (χ2n) is 3.80. The van der Waals surface area contributed by atoms with Gasteiger partial charge in [0.2, 0.25) is 0 Å². The van der Waals surface area contributed by atoms with E-state index in [9.17, 15) is 19.3 Å². The number of carbonyl (C=O) groups is 1. The molecule has 19 heavy (non-hydrogen) atoms. The van der Waals surface area contributed by atoms with Gasteiger partial charge in [-0.25, -0.2) is 13.9 Å². The van der Waals surface area contributed by atoms with Gasteiger partial charge in [0.15, 0.2) is 11.5 Å². The lowest BCUT2D eigenvalue weighted by atomic mass is 10.2. The molecule has 0 bridgehead atoms. The number of benzene rings is 1. The lowest BCUT2D eigenvalue weighted by Crippen LogP contribution is -2.03. The quantitative estimate of drug-likeness (QED) is 0.675. The first-order valence-corrected chi connectivity index (χ1v) is 5.14. The average molecular weight is 265 g/mol. The van der Waals surface area contributed by atoms with Crippen molar-refractivity contribution in [1.29, 1.82) is 0 Å². The first-order valence-electron chi connectivity index (χ1n) is 5.14. The number of hydrogen-bond acceptors (Lipinski definition) is 4. The smallest absolute Gasteiger partial charge is 0.356 e. The highest BCUT2D eigenvalue weighted by atomic mass is 19.1. The molecule has 98 valence electrons. The molecule has 0 unspecified atom stereocenters. The monoisotopic (exact) mass is 265 g/mol. The normalized spacial score (nSPS) is 10.4. The molecule has 0 spiro atoms. The molecule has 2 aromatic rings. The summed E-state index contributed by atoms with van der Waals surface area (Å²) in [6.45, 7) is 1.52. The lowest BCUT2D eigenvalue weighted by Gasteiger charge is -2.02. The Morgan fingerprint density at radius 2 is 2.21 bits per heavy atom. The molecular weight excluding hydrogens is 257 g/mol. The molecule has 0 saturated carbocycles. The fraction of sp³-hybridized carbons (Fsp3) is 0.0909. The van der Waals surface area contributed by atoms with Gasteiger partial charge in [0.25, 0.3) is 5.69 Å². The zero-order valence-corrected chi connectivity index (χ0v) is 9.70. The van der Waals surface area contributed by atoms with Crippen LogP contribution in [0.5, 0.6) is 0 Å². The van der Waals surface area contributed by atoms with E-state index in [2.05, 4.69) is 5.10 Å². The number of non-ortho nitro benzene ring substituents is 1. The molecule has 1 heterocycles. The molecule has 0 aliphatic carbocycles. The van der Waals surface area contributed by atoms with Crippen LogP contribution in [0.15, 0.2) is 24.4 Å². The van der Waals surface area contributed by atoms with E-state index in [0.29, 0.717) is 5.56 Å². The number of rotatable bonds is 3. The summed E-state index contributed by atoms with van der Waals surface area (Å²) >= 11 is 0. The number of aryl methyl sites for hydroxylation is 1. The molecule has 8 heteroatoms. The summed E-state index contributed by atoms with van der Waals surface area (Å²) in [4.78, 5) is 20.6. The molecule has 0 aliphatic heterocycles. The number of nitro groups is 1. The largest absolute Gasteiger partial charge is 0.476 e. The van der Waals surface area contributed by atoms with Gasteiger partial charge in [-0.3, -0.25) is 10.1 Å². The molecule has 1 aromatic carbocycles. The van der Waals surface area contributed by atoms with Gasteiger partial charge in [-0.05, 0) is 13.0 Å². The number of aromatic nitrogens is 2. The summed E-state index contributed by atoms with van der Waals surface area (Å²) in [5.74, 6) is -2.08. The van der Waals surface area contributed by atoms with Crippen molar-refractivity contribution in [2.45, 2.75) is 6.92 Å². The van der Waals surface area contributed by atoms with Gasteiger partial charge in [0, 0.05) is 17.8 Å². The van der Waals surface area contributed by atoms with Crippen LogP contribution in [0.3, 0.4) is 0 Å². The number of aromatic carboxylic acids is 1. The summed E-state index contributed by atoms with van der Waals surface area (Å²) < 4.78 is 14.8. The summed E-state index contributed by atoms with van der Waals surface area (Å²) in [5, 5.41) is 23.1. The maximum atomic E-state index is 13.7. The minimum Gasteiger partial charge on any atom is -0.476 e. The lowest BCUT2D eigenvalue weighted by molar-refractivity contribution is -0.385. The van der Waals surface area contributed by atoms with E-state index in [1.54, 1.807) is 0 Å². The topological polar surface area (TPSA) is 98.3 Å². The minimum absolute atomic E-state index is 0.0544. The van der Waals surface area contributed by atoms with Crippen molar-refractivity contribution < 1.29 is 19.2 Å². The standard InChI is InChI=1S/C11H8FN3O4/c1-6-5-14(13-10(6)11(16)17)9-3-2-7(15(18)19)4-8(9)12/h2-5H,1H3,(H,16,17). The minimum atomic E-state index is -1.22. The van der Waals surface area contributed by atoms with Gasteiger partial charge in [-0.15, -0.1) is 0 Å². The Hall–Kier alpha value is -2.77. The molecule has 0 aliphatic rings. The van der Waals surface area contributed by atoms with Crippen LogP contribution in [0.4, 0.5) is 10.1 Å². The van der Waals surface area contributed by atoms with Gasteiger partial charge in [-0.2, -0.15) is 5.10 Å². The Labute approximate surface area is 106 Å². The molecule has 1 N–H and O–H groups in total. The maximum Gasteiger partial charge on any atom is 0.356 e. The van der Waals surface area contributed by atoms with Crippen molar-refractivity contribution in [1.82, 2.24) is 9.78 Å². The van der Waals surface area contributed by atoms with Crippen LogP contribution in [-0.2, 0) is 0 Å². The van der Waals surface area contributed by atoms with Gasteiger partial charge in [0.1, 0.15) is 5.69 Å². The van der Waals surface area contributed by atoms with Crippen LogP contribution in [0.2, 0.25) is 0 Å². The van der Waals surface area contributed by atoms with E-state index >= 15 is 0 Å². The third kappa shape index (κ3) is 2.28. The molecule has 0 amide bonds. The van der Waals surface area contributed by atoms with E-state index in [1.165, 1.54) is 19.2 Å². The maximum absolute atomic E-state index is 13.7. The predicted molar refractivity (Wildman–Crippen MR) is 61.9 cm³/mol. The summed E-state index contributed by atoms with van der Waals surface area (Å²) in [5.41, 5.74) is -0.271. The van der Waals surface area contributed by atoms with Crippen molar-refractivity contribution in [3.8, 4) is 5.69 Å². The number of hydrogen-bond donors (Lipinski definition) is 1. The highest BCUT2D eigenvalue weighted by Crippen LogP contribution is 2.20. The second kappa shape index (κ2) is 4.48. The van der Waals surface area contributed by atoms with Crippen LogP contribution in [-0.4, -0.2) is 25.8 Å². The van der Waals surface area contributed by atoms with E-state index in [-0.39, 0.29) is 17.1 Å². The summed E-state index contributed by atoms with van der Waals surface area (Å²) in [7, 11) is 0. The number of nitrogens with zero attached hydrogens (tertiary/aromatic N) is 3. The van der Waals surface area contributed by atoms with Crippen molar-refractivity contribution in [2.75, 3.05) is 0 Å². The number of nitro benzene ring substituents is 1. The fourth-order valence-electron chi connectivity index (χ4n) is 1.59. The number of halogens is 1. The Kier molecular flexibility index (Phi) is 2.99. The molecule has 0 saturated heterocycles. The fourth-order valence-corrected chi connectivity index (χ4v) is 1.59. The van der Waals surface area contributed by atoms with Crippen LogP contribution < -0.4 is 0 Å². The van der Waals surface area contributed by atoms with E-state index in [0.717, 1.165) is 16.8 Å². The predicted octanol–water partition coefficient (Wildman–Crippen LogP) is 1.93. The molecule has 0 fully saturated rings. The van der Waals surface area contributed by atoms with Gasteiger partial charge in [-0.1, -0.05) is 0 Å². The van der Waals surface area contributed by atoms with Crippen LogP contribution >= 0.6 is 0 Å². The van der Waals surface area contributed by atoms with E-state index in [1.807, 2.05) is 0 Å². The Balaban J connectivity index is 2.50. The Morgan fingerprint density at radius 1 is 1.53 bits per heavy atom. The Bertz CT molecular complexity index is 681. The average Bonchev–Trinajstić information content (AvgIpc) is 2.71. The van der Waals surface area contributed by atoms with Crippen LogP contribution in [0.25, 0.3) is 5.69 Å². The molecule has 0 radical (unpaired) electrons. The highest BCUT2D eigenvalue weighted by Gasteiger charge is 2.16.